The van der Waals surface area contributed by atoms with E-state index in [-0.39, 0.29) is 17.7 Å². The number of hydrogen-bond donors (Lipinski definition) is 2. The highest BCUT2D eigenvalue weighted by Gasteiger charge is 2.48. The topological polar surface area (TPSA) is 108 Å². The second kappa shape index (κ2) is 13.9. The van der Waals surface area contributed by atoms with E-state index in [0.717, 1.165) is 29.5 Å². The molecule has 0 aliphatic heterocycles. The molecule has 3 aromatic rings. The standard InChI is InChI=1S/C36H45ClN2O5/c1-9-34(4,5)28-22-29(35(6,7)10-2)30(20-25(28)21-31(40)39-26-14-12-11-13-15-26)44-36(37,33(38)42)23(3)32(41)24-16-18-27(43-8)19-17-24/h11-20,22-23H,9-10,21H2,1-8H3,(H2,38,42)(H,39,40). The Morgan fingerprint density at radius 1 is 0.886 bits per heavy atom. The van der Waals surface area contributed by atoms with Crippen molar-refractivity contribution >= 4 is 34.9 Å². The SMILES string of the molecule is CCC(C)(C)c1cc(C(C)(C)CC)c(OC(Cl)(C(N)=O)C(C)C(=O)c2ccc(OC)cc2)cc1CC(=O)Nc1ccccc1. The molecule has 2 amide bonds. The number of rotatable bonds is 14. The molecule has 2 atom stereocenters. The number of methoxy groups -OCH3 is 1. The zero-order valence-corrected chi connectivity index (χ0v) is 27.8. The first-order valence-corrected chi connectivity index (χ1v) is 15.4. The van der Waals surface area contributed by atoms with Crippen LogP contribution in [0.5, 0.6) is 11.5 Å². The molecule has 3 N–H and O–H groups in total. The van der Waals surface area contributed by atoms with Gasteiger partial charge in [0, 0.05) is 16.8 Å². The Kier molecular flexibility index (Phi) is 10.9. The minimum Gasteiger partial charge on any atom is -0.497 e. The average Bonchev–Trinajstić information content (AvgIpc) is 3.00. The molecule has 0 spiro atoms. The van der Waals surface area contributed by atoms with Crippen molar-refractivity contribution < 1.29 is 23.9 Å². The van der Waals surface area contributed by atoms with Crippen LogP contribution in [0, 0.1) is 5.92 Å². The van der Waals surface area contributed by atoms with Gasteiger partial charge < -0.3 is 20.5 Å². The quantitative estimate of drug-likeness (QED) is 0.143. The van der Waals surface area contributed by atoms with Crippen LogP contribution < -0.4 is 20.5 Å². The Morgan fingerprint density at radius 2 is 1.45 bits per heavy atom. The zero-order valence-electron chi connectivity index (χ0n) is 27.0. The number of carbonyl (C=O) groups excluding carboxylic acids is 3. The number of benzene rings is 3. The van der Waals surface area contributed by atoms with Crippen molar-refractivity contribution in [1.82, 2.24) is 0 Å². The van der Waals surface area contributed by atoms with E-state index in [1.807, 2.05) is 30.3 Å². The Labute approximate surface area is 266 Å². The molecule has 0 aromatic heterocycles. The van der Waals surface area contributed by atoms with Crippen LogP contribution in [0.1, 0.15) is 88.4 Å². The predicted molar refractivity (Wildman–Crippen MR) is 177 cm³/mol. The van der Waals surface area contributed by atoms with Crippen molar-refractivity contribution in [2.24, 2.45) is 11.7 Å². The fourth-order valence-corrected chi connectivity index (χ4v) is 5.16. The van der Waals surface area contributed by atoms with Gasteiger partial charge in [-0.3, -0.25) is 14.4 Å². The van der Waals surface area contributed by atoms with Crippen molar-refractivity contribution in [3.05, 3.63) is 89.0 Å². The van der Waals surface area contributed by atoms with Crippen LogP contribution in [0.2, 0.25) is 0 Å². The Hall–Kier alpha value is -3.84. The van der Waals surface area contributed by atoms with Crippen LogP contribution in [0.15, 0.2) is 66.7 Å². The number of anilines is 1. The molecule has 0 saturated carbocycles. The van der Waals surface area contributed by atoms with E-state index in [2.05, 4.69) is 52.9 Å². The summed E-state index contributed by atoms with van der Waals surface area (Å²) < 4.78 is 11.6. The Bertz CT molecular complexity index is 1480. The van der Waals surface area contributed by atoms with Gasteiger partial charge >= 0.3 is 0 Å². The van der Waals surface area contributed by atoms with Gasteiger partial charge in [0.05, 0.1) is 19.4 Å². The predicted octanol–water partition coefficient (Wildman–Crippen LogP) is 7.57. The Balaban J connectivity index is 2.15. The molecule has 8 heteroatoms. The van der Waals surface area contributed by atoms with Crippen LogP contribution >= 0.6 is 11.6 Å². The number of alkyl halides is 1. The maximum absolute atomic E-state index is 13.6. The molecule has 0 aliphatic rings. The molecule has 0 heterocycles. The highest BCUT2D eigenvalue weighted by atomic mass is 35.5. The van der Waals surface area contributed by atoms with Crippen molar-refractivity contribution in [2.75, 3.05) is 12.4 Å². The third-order valence-corrected chi connectivity index (χ3v) is 9.35. The summed E-state index contributed by atoms with van der Waals surface area (Å²) >= 11 is 6.93. The number of halogens is 1. The van der Waals surface area contributed by atoms with Crippen molar-refractivity contribution in [2.45, 2.75) is 83.6 Å². The minimum atomic E-state index is -2.21. The molecule has 3 aromatic carbocycles. The molecule has 0 saturated heterocycles. The number of ether oxygens (including phenoxy) is 2. The van der Waals surface area contributed by atoms with Gasteiger partial charge in [-0.2, -0.15) is 0 Å². The molecule has 44 heavy (non-hydrogen) atoms. The van der Waals surface area contributed by atoms with E-state index >= 15 is 0 Å². The van der Waals surface area contributed by atoms with E-state index in [0.29, 0.717) is 22.7 Å². The third kappa shape index (κ3) is 7.62. The second-order valence-corrected chi connectivity index (χ2v) is 13.1. The van der Waals surface area contributed by atoms with Crippen LogP contribution in [0.25, 0.3) is 0 Å². The molecule has 2 unspecified atom stereocenters. The summed E-state index contributed by atoms with van der Waals surface area (Å²) in [6, 6.07) is 19.6. The fraction of sp³-hybridized carbons (Fsp3) is 0.417. The maximum Gasteiger partial charge on any atom is 0.278 e. The molecule has 3 rings (SSSR count). The molecule has 0 bridgehead atoms. The number of para-hydroxylation sites is 1. The lowest BCUT2D eigenvalue weighted by molar-refractivity contribution is -0.129. The monoisotopic (exact) mass is 620 g/mol. The molecule has 0 radical (unpaired) electrons. The van der Waals surface area contributed by atoms with Crippen molar-refractivity contribution in [1.29, 1.82) is 0 Å². The number of ketones is 1. The summed E-state index contributed by atoms with van der Waals surface area (Å²) in [6.07, 6.45) is 1.62. The fourth-order valence-electron chi connectivity index (χ4n) is 4.98. The van der Waals surface area contributed by atoms with Gasteiger partial charge in [0.15, 0.2) is 5.78 Å². The minimum absolute atomic E-state index is 0.0586. The summed E-state index contributed by atoms with van der Waals surface area (Å²) in [5, 5.41) is 0.748. The van der Waals surface area contributed by atoms with Gasteiger partial charge in [0.25, 0.3) is 11.0 Å². The second-order valence-electron chi connectivity index (χ2n) is 12.5. The molecule has 0 aliphatic carbocycles. The average molecular weight is 621 g/mol. The molecular weight excluding hydrogens is 576 g/mol. The van der Waals surface area contributed by atoms with Gasteiger partial charge in [-0.15, -0.1) is 0 Å². The molecular formula is C36H45ClN2O5. The summed E-state index contributed by atoms with van der Waals surface area (Å²) in [6.45, 7) is 14.1. The van der Waals surface area contributed by atoms with Gasteiger partial charge in [0.2, 0.25) is 5.91 Å². The first-order valence-electron chi connectivity index (χ1n) is 15.0. The number of hydrogen-bond acceptors (Lipinski definition) is 5. The summed E-state index contributed by atoms with van der Waals surface area (Å²) in [4.78, 5) is 39.9. The van der Waals surface area contributed by atoms with E-state index in [9.17, 15) is 14.4 Å². The number of nitrogens with two attached hydrogens (primary N) is 1. The van der Waals surface area contributed by atoms with E-state index in [4.69, 9.17) is 26.8 Å². The highest BCUT2D eigenvalue weighted by molar-refractivity contribution is 6.35. The molecule has 7 nitrogen and oxygen atoms in total. The number of Topliss-reactive ketones (excluding diaryl/α,β-unsaturated/α-hetero) is 1. The summed E-state index contributed by atoms with van der Waals surface area (Å²) in [5.41, 5.74) is 8.73. The zero-order chi connectivity index (χ0) is 32.9. The number of nitrogens with one attached hydrogen (secondary N) is 1. The lowest BCUT2D eigenvalue weighted by atomic mass is 9.74. The van der Waals surface area contributed by atoms with Gasteiger partial charge in [-0.1, -0.05) is 77.4 Å². The number of primary amides is 1. The van der Waals surface area contributed by atoms with E-state index in [1.54, 1.807) is 30.3 Å². The van der Waals surface area contributed by atoms with Crippen LogP contribution in [-0.2, 0) is 26.8 Å². The van der Waals surface area contributed by atoms with E-state index < -0.39 is 28.1 Å². The Morgan fingerprint density at radius 3 is 1.98 bits per heavy atom. The van der Waals surface area contributed by atoms with Crippen LogP contribution in [0.4, 0.5) is 5.69 Å². The highest BCUT2D eigenvalue weighted by Crippen LogP contribution is 2.43. The van der Waals surface area contributed by atoms with Gasteiger partial charge in [0.1, 0.15) is 11.5 Å². The van der Waals surface area contributed by atoms with Crippen LogP contribution in [-0.4, -0.2) is 29.8 Å². The lowest BCUT2D eigenvalue weighted by Gasteiger charge is -2.36. The largest absolute Gasteiger partial charge is 0.497 e. The number of carbonyl (C=O) groups is 3. The molecule has 236 valence electrons. The smallest absolute Gasteiger partial charge is 0.278 e. The first-order chi connectivity index (χ1) is 20.6. The van der Waals surface area contributed by atoms with Gasteiger partial charge in [-0.25, -0.2) is 0 Å². The molecule has 0 fully saturated rings. The van der Waals surface area contributed by atoms with Crippen molar-refractivity contribution in [3.63, 3.8) is 0 Å². The normalized spacial score (nSPS) is 13.8. The summed E-state index contributed by atoms with van der Waals surface area (Å²) in [5.74, 6) is -1.86. The van der Waals surface area contributed by atoms with Crippen molar-refractivity contribution in [3.8, 4) is 11.5 Å². The summed E-state index contributed by atoms with van der Waals surface area (Å²) in [7, 11) is 1.53. The van der Waals surface area contributed by atoms with E-state index in [1.165, 1.54) is 14.0 Å². The third-order valence-electron chi connectivity index (χ3n) is 8.76. The lowest BCUT2D eigenvalue weighted by Crippen LogP contribution is -2.52. The first kappa shape index (κ1) is 34.6. The maximum atomic E-state index is 13.6. The van der Waals surface area contributed by atoms with Gasteiger partial charge in [-0.05, 0) is 84.2 Å². The number of amides is 2. The van der Waals surface area contributed by atoms with Crippen LogP contribution in [0.3, 0.4) is 0 Å².